The Morgan fingerprint density at radius 1 is 1.30 bits per heavy atom. The summed E-state index contributed by atoms with van der Waals surface area (Å²) in [5.41, 5.74) is 1.92. The molecule has 0 aliphatic carbocycles. The van der Waals surface area contributed by atoms with Crippen LogP contribution in [0.3, 0.4) is 0 Å². The van der Waals surface area contributed by atoms with Crippen molar-refractivity contribution in [1.82, 2.24) is 9.97 Å². The lowest BCUT2D eigenvalue weighted by Crippen LogP contribution is -1.99. The molecule has 0 bridgehead atoms. The molecule has 1 aromatic carbocycles. The Bertz CT molecular complexity index is 706. The highest BCUT2D eigenvalue weighted by Crippen LogP contribution is 2.25. The summed E-state index contributed by atoms with van der Waals surface area (Å²) in [7, 11) is 0. The highest BCUT2D eigenvalue weighted by Gasteiger charge is 2.11. The maximum atomic E-state index is 12.0. The molecular formula is C13H10Br2N2OS2. The van der Waals surface area contributed by atoms with Gasteiger partial charge in [-0.25, -0.2) is 4.98 Å². The van der Waals surface area contributed by atoms with E-state index in [4.69, 9.17) is 0 Å². The summed E-state index contributed by atoms with van der Waals surface area (Å²) in [4.78, 5) is 20.4. The molecule has 0 amide bonds. The number of hydrogen-bond acceptors (Lipinski definition) is 4. The van der Waals surface area contributed by atoms with Crippen molar-refractivity contribution in [3.8, 4) is 0 Å². The van der Waals surface area contributed by atoms with Gasteiger partial charge in [-0.05, 0) is 40.2 Å². The van der Waals surface area contributed by atoms with Crippen LogP contribution < -0.4 is 0 Å². The van der Waals surface area contributed by atoms with Crippen molar-refractivity contribution in [2.24, 2.45) is 0 Å². The van der Waals surface area contributed by atoms with Crippen LogP contribution in [0.1, 0.15) is 9.67 Å². The summed E-state index contributed by atoms with van der Waals surface area (Å²) < 4.78 is 0.976. The largest absolute Gasteiger partial charge is 0.333 e. The van der Waals surface area contributed by atoms with Gasteiger partial charge in [0.1, 0.15) is 0 Å². The summed E-state index contributed by atoms with van der Waals surface area (Å²) in [5.74, 6) is 0.522. The van der Waals surface area contributed by atoms with Crippen LogP contribution in [0, 0.1) is 0 Å². The van der Waals surface area contributed by atoms with Crippen LogP contribution in [0.15, 0.2) is 45.3 Å². The van der Waals surface area contributed by atoms with E-state index in [2.05, 4.69) is 25.9 Å². The molecule has 104 valence electrons. The molecule has 0 fully saturated rings. The number of H-pyrrole nitrogens is 1. The first-order valence-electron chi connectivity index (χ1n) is 5.58. The van der Waals surface area contributed by atoms with Crippen molar-refractivity contribution in [1.29, 1.82) is 0 Å². The van der Waals surface area contributed by atoms with E-state index < -0.39 is 0 Å². The van der Waals surface area contributed by atoms with Crippen molar-refractivity contribution in [3.05, 3.63) is 45.1 Å². The molecule has 7 heteroatoms. The van der Waals surface area contributed by atoms with Gasteiger partial charge in [0.05, 0.1) is 25.4 Å². The number of nitrogens with zero attached hydrogens (tertiary/aromatic N) is 1. The molecule has 2 aromatic heterocycles. The number of fused-ring (bicyclic) bond motifs is 1. The van der Waals surface area contributed by atoms with Gasteiger partial charge in [-0.2, -0.15) is 0 Å². The van der Waals surface area contributed by atoms with Gasteiger partial charge in [0.2, 0.25) is 0 Å². The van der Waals surface area contributed by atoms with Gasteiger partial charge in [0.25, 0.3) is 0 Å². The molecule has 0 saturated heterocycles. The molecule has 3 nitrogen and oxygen atoms in total. The third-order valence-electron chi connectivity index (χ3n) is 2.56. The highest BCUT2D eigenvalue weighted by atomic mass is 79.9. The topological polar surface area (TPSA) is 45.8 Å². The number of nitrogens with one attached hydrogen (secondary N) is 1. The van der Waals surface area contributed by atoms with Crippen LogP contribution >= 0.6 is 56.0 Å². The number of thiophene rings is 1. The predicted octanol–water partition coefficient (Wildman–Crippen LogP) is 4.94. The average molecular weight is 434 g/mol. The van der Waals surface area contributed by atoms with Crippen LogP contribution in [-0.2, 0) is 0 Å². The van der Waals surface area contributed by atoms with Crippen molar-refractivity contribution in [2.75, 3.05) is 5.75 Å². The first kappa shape index (κ1) is 15.8. The number of hydrogen-bond donors (Lipinski definition) is 1. The first-order chi connectivity index (χ1) is 9.22. The molecule has 0 spiro atoms. The molecule has 3 rings (SSSR count). The zero-order valence-electron chi connectivity index (χ0n) is 10.1. The zero-order valence-corrected chi connectivity index (χ0v) is 15.1. The van der Waals surface area contributed by atoms with Crippen LogP contribution in [-0.4, -0.2) is 21.5 Å². The predicted molar refractivity (Wildman–Crippen MR) is 93.5 cm³/mol. The summed E-state index contributed by atoms with van der Waals surface area (Å²) in [5, 5.41) is 0.783. The fraction of sp³-hybridized carbons (Fsp3) is 0.0769. The molecule has 0 unspecified atom stereocenters. The lowest BCUT2D eigenvalue weighted by Gasteiger charge is -1.95. The number of Topliss-reactive ketones (excluding diaryl/α,β-unsaturated/α-hetero) is 1. The first-order valence-corrected chi connectivity index (χ1v) is 8.18. The second kappa shape index (κ2) is 6.89. The molecule has 20 heavy (non-hydrogen) atoms. The van der Waals surface area contributed by atoms with Crippen molar-refractivity contribution >= 4 is 72.8 Å². The quantitative estimate of drug-likeness (QED) is 0.468. The van der Waals surface area contributed by atoms with E-state index in [1.165, 1.54) is 23.1 Å². The fourth-order valence-electron chi connectivity index (χ4n) is 1.67. The Kier molecular flexibility index (Phi) is 5.42. The number of carbonyl (C=O) groups excluding carboxylic acids is 1. The van der Waals surface area contributed by atoms with Gasteiger partial charge < -0.3 is 4.98 Å². The summed E-state index contributed by atoms with van der Waals surface area (Å²) in [6.07, 6.45) is 0. The molecule has 0 radical (unpaired) electrons. The van der Waals surface area contributed by atoms with Crippen molar-refractivity contribution in [2.45, 2.75) is 5.16 Å². The number of halogens is 2. The van der Waals surface area contributed by atoms with Gasteiger partial charge >= 0.3 is 0 Å². The number of aromatic amines is 1. The van der Waals surface area contributed by atoms with Crippen LogP contribution in [0.2, 0.25) is 0 Å². The second-order valence-corrected chi connectivity index (χ2v) is 7.30. The van der Waals surface area contributed by atoms with Gasteiger partial charge in [0.15, 0.2) is 10.9 Å². The summed E-state index contributed by atoms with van der Waals surface area (Å²) in [6, 6.07) is 11.6. The van der Waals surface area contributed by atoms with E-state index in [9.17, 15) is 4.79 Å². The van der Waals surface area contributed by atoms with E-state index in [1.54, 1.807) is 0 Å². The minimum Gasteiger partial charge on any atom is -0.333 e. The Morgan fingerprint density at radius 2 is 2.10 bits per heavy atom. The summed E-state index contributed by atoms with van der Waals surface area (Å²) in [6.45, 7) is 0. The fourth-order valence-corrected chi connectivity index (χ4v) is 3.85. The van der Waals surface area contributed by atoms with E-state index in [1.807, 2.05) is 36.4 Å². The van der Waals surface area contributed by atoms with Gasteiger partial charge in [-0.15, -0.1) is 28.3 Å². The highest BCUT2D eigenvalue weighted by molar-refractivity contribution is 9.11. The zero-order chi connectivity index (χ0) is 13.2. The maximum absolute atomic E-state index is 12.0. The van der Waals surface area contributed by atoms with Crippen molar-refractivity contribution < 1.29 is 4.79 Å². The number of imidazole rings is 1. The molecule has 1 N–H and O–H groups in total. The van der Waals surface area contributed by atoms with Gasteiger partial charge in [-0.3, -0.25) is 4.79 Å². The molecule has 3 aromatic rings. The smallest absolute Gasteiger partial charge is 0.183 e. The molecule has 2 heterocycles. The van der Waals surface area contributed by atoms with Crippen LogP contribution in [0.5, 0.6) is 0 Å². The van der Waals surface area contributed by atoms with Crippen molar-refractivity contribution in [3.63, 3.8) is 0 Å². The Hall–Kier alpha value is -0.630. The minimum atomic E-state index is 0. The normalized spacial score (nSPS) is 10.4. The second-order valence-electron chi connectivity index (χ2n) is 3.87. The Labute approximate surface area is 143 Å². The van der Waals surface area contributed by atoms with Gasteiger partial charge in [-0.1, -0.05) is 23.9 Å². The molecule has 0 saturated carbocycles. The van der Waals surface area contributed by atoms with Gasteiger partial charge in [0, 0.05) is 0 Å². The van der Waals surface area contributed by atoms with E-state index in [0.29, 0.717) is 5.75 Å². The van der Waals surface area contributed by atoms with E-state index >= 15 is 0 Å². The lowest BCUT2D eigenvalue weighted by atomic mass is 10.3. The third-order valence-corrected chi connectivity index (χ3v) is 5.09. The Balaban J connectivity index is 0.00000147. The molecule has 0 atom stereocenters. The number of thioether (sulfide) groups is 1. The van der Waals surface area contributed by atoms with Crippen LogP contribution in [0.25, 0.3) is 11.0 Å². The molecule has 0 aliphatic heterocycles. The number of benzene rings is 1. The Morgan fingerprint density at radius 3 is 2.80 bits per heavy atom. The molecular weight excluding hydrogens is 424 g/mol. The number of aromatic nitrogens is 2. The maximum Gasteiger partial charge on any atom is 0.183 e. The van der Waals surface area contributed by atoms with E-state index in [0.717, 1.165) is 24.9 Å². The van der Waals surface area contributed by atoms with E-state index in [-0.39, 0.29) is 22.8 Å². The standard InChI is InChI=1S/C13H9BrN2OS2.BrH/c14-12-6-5-11(19-12)10(17)7-18-13-15-8-3-1-2-4-9(8)16-13;/h1-6H,7H2,(H,15,16);1H. The molecule has 0 aliphatic rings. The SMILES string of the molecule is Br.O=C(CSc1nc2ccccc2[nH]1)c1ccc(Br)s1. The number of carbonyl (C=O) groups is 1. The van der Waals surface area contributed by atoms with Crippen LogP contribution in [0.4, 0.5) is 0 Å². The third kappa shape index (κ3) is 3.52. The summed E-state index contributed by atoms with van der Waals surface area (Å²) >= 11 is 6.25. The minimum absolute atomic E-state index is 0. The monoisotopic (exact) mass is 432 g/mol. The lowest BCUT2D eigenvalue weighted by molar-refractivity contribution is 0.102. The number of ketones is 1. The average Bonchev–Trinajstić information content (AvgIpc) is 3.01. The number of para-hydroxylation sites is 2. The number of rotatable bonds is 4.